The SMILES string of the molecule is C=Cc1ccc(S(=O)(=O)OCC(C)(C(=O)OC(C)(C)C)C(=O)c2ccccc2)cc1. The molecule has 0 spiro atoms. The van der Waals surface area contributed by atoms with Crippen LogP contribution in [0.25, 0.3) is 6.08 Å². The fraction of sp³-hybridized carbons (Fsp3) is 0.304. The lowest BCUT2D eigenvalue weighted by atomic mass is 9.83. The van der Waals surface area contributed by atoms with E-state index in [0.29, 0.717) is 0 Å². The molecule has 1 unspecified atom stereocenters. The van der Waals surface area contributed by atoms with Crippen LogP contribution in [0.2, 0.25) is 0 Å². The molecule has 0 bridgehead atoms. The number of ketones is 1. The van der Waals surface area contributed by atoms with Gasteiger partial charge in [0.1, 0.15) is 5.60 Å². The Bertz CT molecular complexity index is 1020. The Kier molecular flexibility index (Phi) is 7.00. The molecule has 2 aromatic rings. The number of carbonyl (C=O) groups is 2. The number of hydrogen-bond acceptors (Lipinski definition) is 6. The highest BCUT2D eigenvalue weighted by Crippen LogP contribution is 2.29. The van der Waals surface area contributed by atoms with E-state index >= 15 is 0 Å². The van der Waals surface area contributed by atoms with Crippen molar-refractivity contribution in [2.45, 2.75) is 38.2 Å². The Morgan fingerprint density at radius 2 is 1.53 bits per heavy atom. The summed E-state index contributed by atoms with van der Waals surface area (Å²) in [6.45, 7) is 9.24. The molecule has 0 aliphatic heterocycles. The van der Waals surface area contributed by atoms with Crippen molar-refractivity contribution < 1.29 is 26.9 Å². The van der Waals surface area contributed by atoms with Crippen LogP contribution in [0.5, 0.6) is 0 Å². The summed E-state index contributed by atoms with van der Waals surface area (Å²) in [5, 5.41) is 0. The van der Waals surface area contributed by atoms with E-state index < -0.39 is 39.5 Å². The molecule has 2 aromatic carbocycles. The zero-order chi connectivity index (χ0) is 22.6. The highest BCUT2D eigenvalue weighted by molar-refractivity contribution is 7.86. The van der Waals surface area contributed by atoms with Crippen molar-refractivity contribution in [2.24, 2.45) is 5.41 Å². The molecule has 0 radical (unpaired) electrons. The van der Waals surface area contributed by atoms with Crippen LogP contribution in [0.15, 0.2) is 66.1 Å². The lowest BCUT2D eigenvalue weighted by Crippen LogP contribution is -2.45. The van der Waals surface area contributed by atoms with Gasteiger partial charge in [-0.3, -0.25) is 13.8 Å². The number of carbonyl (C=O) groups excluding carboxylic acids is 2. The van der Waals surface area contributed by atoms with E-state index in [-0.39, 0.29) is 10.5 Å². The standard InChI is InChI=1S/C23H26O6S/c1-6-17-12-14-19(15-13-17)30(26,27)28-16-23(5,21(25)29-22(2,3)4)20(24)18-10-8-7-9-11-18/h6-15H,1,16H2,2-5H3. The molecule has 2 rings (SSSR count). The van der Waals surface area contributed by atoms with Gasteiger partial charge in [0, 0.05) is 5.56 Å². The lowest BCUT2D eigenvalue weighted by Gasteiger charge is -2.30. The molecular weight excluding hydrogens is 404 g/mol. The van der Waals surface area contributed by atoms with Crippen molar-refractivity contribution in [3.8, 4) is 0 Å². The lowest BCUT2D eigenvalue weighted by molar-refractivity contribution is -0.164. The summed E-state index contributed by atoms with van der Waals surface area (Å²) < 4.78 is 35.8. The maximum absolute atomic E-state index is 13.1. The van der Waals surface area contributed by atoms with Gasteiger partial charge in [0.05, 0.1) is 11.5 Å². The maximum Gasteiger partial charge on any atom is 0.322 e. The van der Waals surface area contributed by atoms with Crippen LogP contribution < -0.4 is 0 Å². The van der Waals surface area contributed by atoms with Gasteiger partial charge in [-0.1, -0.05) is 55.1 Å². The minimum Gasteiger partial charge on any atom is -0.459 e. The average Bonchev–Trinajstić information content (AvgIpc) is 2.71. The van der Waals surface area contributed by atoms with E-state index in [1.165, 1.54) is 19.1 Å². The molecule has 30 heavy (non-hydrogen) atoms. The van der Waals surface area contributed by atoms with Gasteiger partial charge in [-0.25, -0.2) is 0 Å². The third-order valence-corrected chi connectivity index (χ3v) is 5.57. The Labute approximate surface area is 177 Å². The normalized spacial score (nSPS) is 13.9. The summed E-state index contributed by atoms with van der Waals surface area (Å²) >= 11 is 0. The van der Waals surface area contributed by atoms with Crippen molar-refractivity contribution in [1.82, 2.24) is 0 Å². The van der Waals surface area contributed by atoms with E-state index in [0.717, 1.165) is 5.56 Å². The highest BCUT2D eigenvalue weighted by Gasteiger charge is 2.46. The van der Waals surface area contributed by atoms with Gasteiger partial charge < -0.3 is 4.74 Å². The third kappa shape index (κ3) is 5.64. The number of hydrogen-bond donors (Lipinski definition) is 0. The zero-order valence-corrected chi connectivity index (χ0v) is 18.4. The topological polar surface area (TPSA) is 86.7 Å². The first-order valence-corrected chi connectivity index (χ1v) is 10.8. The molecule has 0 saturated heterocycles. The molecule has 7 heteroatoms. The second-order valence-electron chi connectivity index (χ2n) is 8.02. The second kappa shape index (κ2) is 8.93. The van der Waals surface area contributed by atoms with Crippen LogP contribution in [-0.4, -0.2) is 32.4 Å². The van der Waals surface area contributed by atoms with Gasteiger partial charge in [0.2, 0.25) is 0 Å². The highest BCUT2D eigenvalue weighted by atomic mass is 32.2. The monoisotopic (exact) mass is 430 g/mol. The molecule has 0 saturated carbocycles. The molecule has 160 valence electrons. The Balaban J connectivity index is 2.35. The van der Waals surface area contributed by atoms with Crippen LogP contribution in [0.4, 0.5) is 0 Å². The summed E-state index contributed by atoms with van der Waals surface area (Å²) in [5.41, 5.74) is -1.73. The number of ether oxygens (including phenoxy) is 1. The summed E-state index contributed by atoms with van der Waals surface area (Å²) in [6, 6.07) is 14.0. The summed E-state index contributed by atoms with van der Waals surface area (Å²) in [4.78, 5) is 26.0. The minimum atomic E-state index is -4.21. The molecular formula is C23H26O6S. The Morgan fingerprint density at radius 3 is 2.03 bits per heavy atom. The number of rotatable bonds is 8. The van der Waals surface area contributed by atoms with Crippen LogP contribution in [0.1, 0.15) is 43.6 Å². The van der Waals surface area contributed by atoms with E-state index in [1.54, 1.807) is 69.3 Å². The molecule has 0 amide bonds. The van der Waals surface area contributed by atoms with Crippen LogP contribution in [0, 0.1) is 5.41 Å². The predicted octanol–water partition coefficient (Wildman–Crippen LogP) is 4.27. The minimum absolute atomic E-state index is 0.0909. The number of Topliss-reactive ketones (excluding diaryl/α,β-unsaturated/α-hetero) is 1. The molecule has 0 heterocycles. The van der Waals surface area contributed by atoms with Crippen molar-refractivity contribution in [2.75, 3.05) is 6.61 Å². The zero-order valence-electron chi connectivity index (χ0n) is 17.5. The Hall–Kier alpha value is -2.77. The number of esters is 1. The molecule has 0 aliphatic carbocycles. The van der Waals surface area contributed by atoms with E-state index in [4.69, 9.17) is 8.92 Å². The van der Waals surface area contributed by atoms with Crippen LogP contribution >= 0.6 is 0 Å². The van der Waals surface area contributed by atoms with Gasteiger partial charge >= 0.3 is 5.97 Å². The average molecular weight is 431 g/mol. The first-order chi connectivity index (χ1) is 13.9. The molecule has 0 fully saturated rings. The molecule has 1 atom stereocenters. The van der Waals surface area contributed by atoms with Crippen molar-refractivity contribution in [1.29, 1.82) is 0 Å². The summed E-state index contributed by atoms with van der Waals surface area (Å²) in [6.07, 6.45) is 1.58. The van der Waals surface area contributed by atoms with Gasteiger partial charge in [-0.2, -0.15) is 8.42 Å². The van der Waals surface area contributed by atoms with Crippen molar-refractivity contribution in [3.63, 3.8) is 0 Å². The van der Waals surface area contributed by atoms with Crippen LogP contribution in [-0.2, 0) is 23.8 Å². The third-order valence-electron chi connectivity index (χ3n) is 4.29. The van der Waals surface area contributed by atoms with E-state index in [2.05, 4.69) is 6.58 Å². The fourth-order valence-corrected chi connectivity index (χ4v) is 3.55. The van der Waals surface area contributed by atoms with Crippen molar-refractivity contribution >= 4 is 27.9 Å². The van der Waals surface area contributed by atoms with Gasteiger partial charge in [0.25, 0.3) is 10.1 Å². The molecule has 0 N–H and O–H groups in total. The van der Waals surface area contributed by atoms with E-state index in [9.17, 15) is 18.0 Å². The van der Waals surface area contributed by atoms with Crippen LogP contribution in [0.3, 0.4) is 0 Å². The molecule has 0 aromatic heterocycles. The van der Waals surface area contributed by atoms with E-state index in [1.807, 2.05) is 0 Å². The largest absolute Gasteiger partial charge is 0.459 e. The smallest absolute Gasteiger partial charge is 0.322 e. The molecule has 6 nitrogen and oxygen atoms in total. The quantitative estimate of drug-likeness (QED) is 0.269. The van der Waals surface area contributed by atoms with Gasteiger partial charge in [-0.15, -0.1) is 0 Å². The first kappa shape index (κ1) is 23.5. The first-order valence-electron chi connectivity index (χ1n) is 9.34. The fourth-order valence-electron chi connectivity index (χ4n) is 2.55. The summed E-state index contributed by atoms with van der Waals surface area (Å²) in [7, 11) is -4.21. The Morgan fingerprint density at radius 1 is 0.967 bits per heavy atom. The predicted molar refractivity (Wildman–Crippen MR) is 114 cm³/mol. The van der Waals surface area contributed by atoms with Crippen molar-refractivity contribution in [3.05, 3.63) is 72.3 Å². The summed E-state index contributed by atoms with van der Waals surface area (Å²) in [5.74, 6) is -1.45. The van der Waals surface area contributed by atoms with Gasteiger partial charge in [0.15, 0.2) is 11.2 Å². The molecule has 0 aliphatic rings. The number of benzene rings is 2. The second-order valence-corrected chi connectivity index (χ2v) is 9.63. The van der Waals surface area contributed by atoms with Gasteiger partial charge in [-0.05, 0) is 45.4 Å². The maximum atomic E-state index is 13.1.